The van der Waals surface area contributed by atoms with Gasteiger partial charge in [0.25, 0.3) is 0 Å². The Morgan fingerprint density at radius 2 is 2.19 bits per heavy atom. The Bertz CT molecular complexity index is 367. The first-order valence-electron chi connectivity index (χ1n) is 5.79. The monoisotopic (exact) mass is 282 g/mol. The van der Waals surface area contributed by atoms with Crippen LogP contribution in [-0.2, 0) is 0 Å². The summed E-state index contributed by atoms with van der Waals surface area (Å²) in [7, 11) is 0. The number of nitrogens with one attached hydrogen (secondary N) is 2. The topological polar surface area (TPSA) is 49.8 Å². The Morgan fingerprint density at radius 3 is 3.00 bits per heavy atom. The summed E-state index contributed by atoms with van der Waals surface area (Å²) in [5.74, 6) is 2.52. The number of anilines is 1. The average Bonchev–Trinajstić information content (AvgIpc) is 2.86. The van der Waals surface area contributed by atoms with E-state index in [1.807, 2.05) is 12.1 Å². The van der Waals surface area contributed by atoms with Crippen molar-refractivity contribution in [3.8, 4) is 0 Å². The fourth-order valence-electron chi connectivity index (χ4n) is 2.91. The lowest BCUT2D eigenvalue weighted by Gasteiger charge is -2.19. The van der Waals surface area contributed by atoms with Crippen LogP contribution < -0.4 is 10.6 Å². The van der Waals surface area contributed by atoms with Gasteiger partial charge in [0.15, 0.2) is 0 Å². The number of nitrogens with zero attached hydrogens (tertiary/aromatic N) is 2. The van der Waals surface area contributed by atoms with Gasteiger partial charge in [0.1, 0.15) is 10.4 Å². The molecule has 86 valence electrons. The maximum absolute atomic E-state index is 4.13. The van der Waals surface area contributed by atoms with Gasteiger partial charge in [-0.2, -0.15) is 0 Å². The Hall–Kier alpha value is -0.680. The van der Waals surface area contributed by atoms with Crippen molar-refractivity contribution in [3.63, 3.8) is 0 Å². The normalized spacial score (nSPS) is 32.7. The first kappa shape index (κ1) is 10.5. The van der Waals surface area contributed by atoms with Crippen LogP contribution in [0.1, 0.15) is 12.8 Å². The van der Waals surface area contributed by atoms with E-state index in [1.54, 1.807) is 0 Å². The summed E-state index contributed by atoms with van der Waals surface area (Å²) in [5, 5.41) is 15.1. The quantitative estimate of drug-likeness (QED) is 0.866. The molecule has 0 aromatic carbocycles. The molecule has 3 rings (SSSR count). The number of halogens is 1. The zero-order valence-corrected chi connectivity index (χ0v) is 10.6. The molecule has 1 aromatic rings. The van der Waals surface area contributed by atoms with E-state index in [1.165, 1.54) is 19.4 Å². The SMILES string of the molecule is Brc1ccc(N[C@@H]2CC[C@H]3CNC[C@H]32)nn1. The Morgan fingerprint density at radius 1 is 1.25 bits per heavy atom. The van der Waals surface area contributed by atoms with Crippen molar-refractivity contribution in [3.05, 3.63) is 16.7 Å². The lowest BCUT2D eigenvalue weighted by Crippen LogP contribution is -2.28. The molecule has 2 N–H and O–H groups in total. The molecule has 1 saturated carbocycles. The number of aromatic nitrogens is 2. The Labute approximate surface area is 103 Å². The lowest BCUT2D eigenvalue weighted by molar-refractivity contribution is 0.468. The van der Waals surface area contributed by atoms with Crippen LogP contribution in [0.4, 0.5) is 5.82 Å². The maximum atomic E-state index is 4.13. The van der Waals surface area contributed by atoms with E-state index in [-0.39, 0.29) is 0 Å². The molecular formula is C11H15BrN4. The van der Waals surface area contributed by atoms with Crippen LogP contribution in [0.15, 0.2) is 16.7 Å². The van der Waals surface area contributed by atoms with Crippen molar-refractivity contribution in [2.45, 2.75) is 18.9 Å². The summed E-state index contributed by atoms with van der Waals surface area (Å²) in [4.78, 5) is 0. The van der Waals surface area contributed by atoms with Crippen molar-refractivity contribution < 1.29 is 0 Å². The van der Waals surface area contributed by atoms with Crippen molar-refractivity contribution in [1.29, 1.82) is 0 Å². The van der Waals surface area contributed by atoms with E-state index in [0.29, 0.717) is 6.04 Å². The second kappa shape index (κ2) is 4.30. The van der Waals surface area contributed by atoms with Gasteiger partial charge in [-0.05, 0) is 59.3 Å². The minimum Gasteiger partial charge on any atom is -0.366 e. The van der Waals surface area contributed by atoms with E-state index in [2.05, 4.69) is 36.8 Å². The van der Waals surface area contributed by atoms with Gasteiger partial charge in [-0.1, -0.05) is 0 Å². The van der Waals surface area contributed by atoms with Gasteiger partial charge >= 0.3 is 0 Å². The molecule has 0 unspecified atom stereocenters. The van der Waals surface area contributed by atoms with Gasteiger partial charge < -0.3 is 10.6 Å². The lowest BCUT2D eigenvalue weighted by atomic mass is 9.98. The summed E-state index contributed by atoms with van der Waals surface area (Å²) in [6.07, 6.45) is 2.59. The molecule has 1 aromatic heterocycles. The van der Waals surface area contributed by atoms with Crippen molar-refractivity contribution >= 4 is 21.7 Å². The second-order valence-electron chi connectivity index (χ2n) is 4.65. The highest BCUT2D eigenvalue weighted by atomic mass is 79.9. The molecule has 1 saturated heterocycles. The van der Waals surface area contributed by atoms with Gasteiger partial charge in [0, 0.05) is 12.6 Å². The summed E-state index contributed by atoms with van der Waals surface area (Å²) < 4.78 is 0.782. The van der Waals surface area contributed by atoms with Gasteiger partial charge in [-0.25, -0.2) is 0 Å². The fraction of sp³-hybridized carbons (Fsp3) is 0.636. The third-order valence-electron chi connectivity index (χ3n) is 3.72. The highest BCUT2D eigenvalue weighted by Crippen LogP contribution is 2.35. The third-order valence-corrected chi connectivity index (χ3v) is 4.15. The van der Waals surface area contributed by atoms with Gasteiger partial charge in [-0.3, -0.25) is 0 Å². The largest absolute Gasteiger partial charge is 0.366 e. The minimum atomic E-state index is 0.565. The van der Waals surface area contributed by atoms with E-state index in [9.17, 15) is 0 Å². The fourth-order valence-corrected chi connectivity index (χ4v) is 3.12. The summed E-state index contributed by atoms with van der Waals surface area (Å²) in [6.45, 7) is 2.33. The smallest absolute Gasteiger partial charge is 0.148 e. The van der Waals surface area contributed by atoms with E-state index in [4.69, 9.17) is 0 Å². The molecule has 3 atom stereocenters. The molecule has 1 aliphatic heterocycles. The molecule has 0 bridgehead atoms. The molecule has 0 radical (unpaired) electrons. The van der Waals surface area contributed by atoms with E-state index in [0.717, 1.165) is 28.8 Å². The highest BCUT2D eigenvalue weighted by molar-refractivity contribution is 9.10. The van der Waals surface area contributed by atoms with Gasteiger partial charge in [-0.15, -0.1) is 10.2 Å². The maximum Gasteiger partial charge on any atom is 0.148 e. The van der Waals surface area contributed by atoms with Crippen LogP contribution in [0.25, 0.3) is 0 Å². The summed E-state index contributed by atoms with van der Waals surface area (Å²) in [6, 6.07) is 4.47. The van der Waals surface area contributed by atoms with Crippen molar-refractivity contribution in [2.24, 2.45) is 11.8 Å². The molecule has 2 aliphatic rings. The van der Waals surface area contributed by atoms with Crippen LogP contribution in [0.5, 0.6) is 0 Å². The van der Waals surface area contributed by atoms with Crippen LogP contribution in [0.3, 0.4) is 0 Å². The van der Waals surface area contributed by atoms with Crippen LogP contribution in [0.2, 0.25) is 0 Å². The molecule has 1 aliphatic carbocycles. The molecule has 2 heterocycles. The molecule has 16 heavy (non-hydrogen) atoms. The highest BCUT2D eigenvalue weighted by Gasteiger charge is 2.39. The van der Waals surface area contributed by atoms with E-state index < -0.39 is 0 Å². The van der Waals surface area contributed by atoms with Crippen molar-refractivity contribution in [1.82, 2.24) is 15.5 Å². The second-order valence-corrected chi connectivity index (χ2v) is 5.46. The van der Waals surface area contributed by atoms with Crippen molar-refractivity contribution in [2.75, 3.05) is 18.4 Å². The zero-order valence-electron chi connectivity index (χ0n) is 8.99. The van der Waals surface area contributed by atoms with Crippen LogP contribution >= 0.6 is 15.9 Å². The zero-order chi connectivity index (χ0) is 11.0. The molecule has 0 spiro atoms. The van der Waals surface area contributed by atoms with Crippen LogP contribution in [0, 0.1) is 11.8 Å². The predicted octanol–water partition coefficient (Wildman–Crippen LogP) is 1.65. The first-order chi connectivity index (χ1) is 7.83. The summed E-state index contributed by atoms with van der Waals surface area (Å²) in [5.41, 5.74) is 0. The third kappa shape index (κ3) is 1.94. The minimum absolute atomic E-state index is 0.565. The van der Waals surface area contributed by atoms with Crippen LogP contribution in [-0.4, -0.2) is 29.3 Å². The van der Waals surface area contributed by atoms with Gasteiger partial charge in [0.05, 0.1) is 0 Å². The Balaban J connectivity index is 1.68. The molecule has 4 nitrogen and oxygen atoms in total. The number of fused-ring (bicyclic) bond motifs is 1. The average molecular weight is 283 g/mol. The predicted molar refractivity (Wildman–Crippen MR) is 66.2 cm³/mol. The number of hydrogen-bond acceptors (Lipinski definition) is 4. The summed E-state index contributed by atoms with van der Waals surface area (Å²) >= 11 is 3.29. The molecule has 0 amide bonds. The van der Waals surface area contributed by atoms with E-state index >= 15 is 0 Å². The molecule has 5 heteroatoms. The number of rotatable bonds is 2. The standard InChI is InChI=1S/C11H15BrN4/c12-10-3-4-11(16-15-10)14-9-2-1-7-5-13-6-8(7)9/h3-4,7-9,13H,1-2,5-6H2,(H,14,16)/t7-,8+,9+/m0/s1. The molecular weight excluding hydrogens is 268 g/mol. The molecule has 2 fully saturated rings. The Kier molecular flexibility index (Phi) is 2.81. The van der Waals surface area contributed by atoms with Gasteiger partial charge in [0.2, 0.25) is 0 Å². The number of hydrogen-bond donors (Lipinski definition) is 2. The first-order valence-corrected chi connectivity index (χ1v) is 6.59.